The fraction of sp³-hybridized carbons (Fsp3) is 0.471. The standard InChI is InChI=1S/C17H21N5O3S2/c1-11-4-5-13(12(2)8-11)22-17(18-19-20-22)27-10-15(23)21-6-7-26-14(9-21)16(24)25-3/h4-5,8,14H,6-7,9-10H2,1-3H3/t14-/m1/s1. The minimum absolute atomic E-state index is 0.0376. The molecule has 0 bridgehead atoms. The number of hydrogen-bond acceptors (Lipinski definition) is 8. The maximum atomic E-state index is 12.6. The molecule has 1 atom stereocenters. The van der Waals surface area contributed by atoms with Crippen LogP contribution in [0.1, 0.15) is 11.1 Å². The molecular formula is C17H21N5O3S2. The van der Waals surface area contributed by atoms with E-state index in [1.54, 1.807) is 9.58 Å². The van der Waals surface area contributed by atoms with Crippen molar-refractivity contribution < 1.29 is 14.3 Å². The highest BCUT2D eigenvalue weighted by molar-refractivity contribution is 8.00. The van der Waals surface area contributed by atoms with Crippen LogP contribution in [0.5, 0.6) is 0 Å². The van der Waals surface area contributed by atoms with Crippen LogP contribution in [-0.4, -0.2) is 73.9 Å². The van der Waals surface area contributed by atoms with E-state index < -0.39 is 0 Å². The number of tetrazole rings is 1. The lowest BCUT2D eigenvalue weighted by atomic mass is 10.1. The Morgan fingerprint density at radius 2 is 2.19 bits per heavy atom. The van der Waals surface area contributed by atoms with Gasteiger partial charge in [0.1, 0.15) is 5.25 Å². The van der Waals surface area contributed by atoms with Crippen molar-refractivity contribution in [2.45, 2.75) is 24.3 Å². The monoisotopic (exact) mass is 407 g/mol. The van der Waals surface area contributed by atoms with Crippen molar-refractivity contribution in [3.05, 3.63) is 29.3 Å². The predicted octanol–water partition coefficient (Wildman–Crippen LogP) is 1.49. The molecule has 0 spiro atoms. The lowest BCUT2D eigenvalue weighted by molar-refractivity contribution is -0.141. The van der Waals surface area contributed by atoms with Crippen LogP contribution < -0.4 is 0 Å². The first-order valence-electron chi connectivity index (χ1n) is 8.45. The number of carbonyl (C=O) groups is 2. The van der Waals surface area contributed by atoms with Crippen molar-refractivity contribution in [2.24, 2.45) is 0 Å². The molecule has 0 radical (unpaired) electrons. The number of carbonyl (C=O) groups excluding carboxylic acids is 2. The Balaban J connectivity index is 1.65. The molecule has 0 saturated carbocycles. The van der Waals surface area contributed by atoms with E-state index in [-0.39, 0.29) is 22.9 Å². The van der Waals surface area contributed by atoms with Crippen molar-refractivity contribution >= 4 is 35.4 Å². The van der Waals surface area contributed by atoms with Crippen LogP contribution in [0.25, 0.3) is 5.69 Å². The van der Waals surface area contributed by atoms with Gasteiger partial charge in [0.25, 0.3) is 0 Å². The van der Waals surface area contributed by atoms with Gasteiger partial charge in [0.05, 0.1) is 18.6 Å². The molecule has 8 nitrogen and oxygen atoms in total. The summed E-state index contributed by atoms with van der Waals surface area (Å²) in [6.07, 6.45) is 0. The Morgan fingerprint density at radius 1 is 1.37 bits per heavy atom. The first-order chi connectivity index (χ1) is 13.0. The third-order valence-electron chi connectivity index (χ3n) is 4.23. The fourth-order valence-electron chi connectivity index (χ4n) is 2.83. The van der Waals surface area contributed by atoms with Crippen LogP contribution >= 0.6 is 23.5 Å². The Bertz CT molecular complexity index is 842. The van der Waals surface area contributed by atoms with E-state index >= 15 is 0 Å². The van der Waals surface area contributed by atoms with Crippen molar-refractivity contribution in [3.8, 4) is 5.69 Å². The van der Waals surface area contributed by atoms with Gasteiger partial charge < -0.3 is 9.64 Å². The second-order valence-electron chi connectivity index (χ2n) is 6.17. The van der Waals surface area contributed by atoms with Gasteiger partial charge in [-0.1, -0.05) is 29.5 Å². The largest absolute Gasteiger partial charge is 0.468 e. The number of hydrogen-bond donors (Lipinski definition) is 0. The molecule has 3 rings (SSSR count). The lowest BCUT2D eigenvalue weighted by Crippen LogP contribution is -2.45. The molecule has 27 heavy (non-hydrogen) atoms. The van der Waals surface area contributed by atoms with Gasteiger partial charge in [-0.2, -0.15) is 4.68 Å². The number of methoxy groups -OCH3 is 1. The summed E-state index contributed by atoms with van der Waals surface area (Å²) in [5.41, 5.74) is 3.11. The molecule has 0 unspecified atom stereocenters. The molecule has 144 valence electrons. The molecule has 1 aliphatic rings. The topological polar surface area (TPSA) is 90.2 Å². The van der Waals surface area contributed by atoms with Gasteiger partial charge in [0.2, 0.25) is 11.1 Å². The quantitative estimate of drug-likeness (QED) is 0.544. The van der Waals surface area contributed by atoms with Crippen LogP contribution in [0, 0.1) is 13.8 Å². The van der Waals surface area contributed by atoms with Gasteiger partial charge in [0.15, 0.2) is 0 Å². The number of thioether (sulfide) groups is 2. The SMILES string of the molecule is COC(=O)[C@H]1CN(C(=O)CSc2nnnn2-c2ccc(C)cc2C)CCS1. The molecule has 1 saturated heterocycles. The van der Waals surface area contributed by atoms with E-state index in [0.29, 0.717) is 18.2 Å². The number of aromatic nitrogens is 4. The zero-order chi connectivity index (χ0) is 19.4. The Morgan fingerprint density at radius 3 is 2.93 bits per heavy atom. The number of esters is 1. The van der Waals surface area contributed by atoms with E-state index in [4.69, 9.17) is 4.74 Å². The van der Waals surface area contributed by atoms with Crippen LogP contribution in [0.4, 0.5) is 0 Å². The molecule has 1 fully saturated rings. The maximum absolute atomic E-state index is 12.6. The van der Waals surface area contributed by atoms with Crippen molar-refractivity contribution in [2.75, 3.05) is 31.7 Å². The Labute approximate surface area is 166 Å². The van der Waals surface area contributed by atoms with Crippen LogP contribution in [0.15, 0.2) is 23.4 Å². The number of amides is 1. The minimum Gasteiger partial charge on any atom is -0.468 e. The van der Waals surface area contributed by atoms with Gasteiger partial charge in [-0.25, -0.2) is 0 Å². The van der Waals surface area contributed by atoms with Crippen LogP contribution in [0.3, 0.4) is 0 Å². The van der Waals surface area contributed by atoms with E-state index in [9.17, 15) is 9.59 Å². The van der Waals surface area contributed by atoms with Gasteiger partial charge in [-0.05, 0) is 35.9 Å². The van der Waals surface area contributed by atoms with E-state index in [0.717, 1.165) is 22.6 Å². The second kappa shape index (κ2) is 8.75. The Kier molecular flexibility index (Phi) is 6.38. The van der Waals surface area contributed by atoms with Gasteiger partial charge in [-0.3, -0.25) is 9.59 Å². The average Bonchev–Trinajstić information content (AvgIpc) is 3.13. The second-order valence-corrected chi connectivity index (χ2v) is 8.43. The number of rotatable bonds is 5. The smallest absolute Gasteiger partial charge is 0.320 e. The Hall–Kier alpha value is -2.07. The zero-order valence-electron chi connectivity index (χ0n) is 15.4. The van der Waals surface area contributed by atoms with Gasteiger partial charge in [0, 0.05) is 18.8 Å². The number of benzene rings is 1. The van der Waals surface area contributed by atoms with E-state index in [2.05, 4.69) is 21.6 Å². The summed E-state index contributed by atoms with van der Waals surface area (Å²) in [6, 6.07) is 6.03. The molecule has 2 aromatic rings. The van der Waals surface area contributed by atoms with E-state index in [1.807, 2.05) is 26.0 Å². The molecule has 10 heteroatoms. The molecule has 0 aliphatic carbocycles. The van der Waals surface area contributed by atoms with Crippen LogP contribution in [0.2, 0.25) is 0 Å². The number of aryl methyl sites for hydroxylation is 2. The number of ether oxygens (including phenoxy) is 1. The summed E-state index contributed by atoms with van der Waals surface area (Å²) in [5, 5.41) is 12.1. The van der Waals surface area contributed by atoms with Crippen molar-refractivity contribution in [3.63, 3.8) is 0 Å². The lowest BCUT2D eigenvalue weighted by Gasteiger charge is -2.30. The van der Waals surface area contributed by atoms with E-state index in [1.165, 1.54) is 30.6 Å². The normalized spacial score (nSPS) is 17.0. The van der Waals surface area contributed by atoms with Crippen molar-refractivity contribution in [1.29, 1.82) is 0 Å². The molecule has 1 aliphatic heterocycles. The predicted molar refractivity (Wildman–Crippen MR) is 104 cm³/mol. The number of nitrogens with zero attached hydrogens (tertiary/aromatic N) is 5. The molecule has 1 aromatic carbocycles. The highest BCUT2D eigenvalue weighted by Gasteiger charge is 2.29. The summed E-state index contributed by atoms with van der Waals surface area (Å²) in [7, 11) is 1.37. The van der Waals surface area contributed by atoms with Gasteiger partial charge in [-0.15, -0.1) is 16.9 Å². The third kappa shape index (κ3) is 4.62. The fourth-order valence-corrected chi connectivity index (χ4v) is 4.75. The first kappa shape index (κ1) is 19.7. The summed E-state index contributed by atoms with van der Waals surface area (Å²) < 4.78 is 6.44. The first-order valence-corrected chi connectivity index (χ1v) is 10.5. The highest BCUT2D eigenvalue weighted by atomic mass is 32.2. The molecular weight excluding hydrogens is 386 g/mol. The highest BCUT2D eigenvalue weighted by Crippen LogP contribution is 2.24. The molecule has 1 amide bonds. The van der Waals surface area contributed by atoms with Gasteiger partial charge >= 0.3 is 5.97 Å². The summed E-state index contributed by atoms with van der Waals surface area (Å²) >= 11 is 2.81. The summed E-state index contributed by atoms with van der Waals surface area (Å²) in [4.78, 5) is 26.0. The average molecular weight is 408 g/mol. The summed E-state index contributed by atoms with van der Waals surface area (Å²) in [6.45, 7) is 5.03. The maximum Gasteiger partial charge on any atom is 0.320 e. The summed E-state index contributed by atoms with van der Waals surface area (Å²) in [5.74, 6) is 0.605. The minimum atomic E-state index is -0.321. The molecule has 1 aromatic heterocycles. The zero-order valence-corrected chi connectivity index (χ0v) is 17.0. The van der Waals surface area contributed by atoms with Crippen LogP contribution in [-0.2, 0) is 14.3 Å². The molecule has 2 heterocycles. The van der Waals surface area contributed by atoms with Crippen molar-refractivity contribution in [1.82, 2.24) is 25.1 Å². The third-order valence-corrected chi connectivity index (χ3v) is 6.30. The molecule has 0 N–H and O–H groups in total.